The molecule has 5 nitrogen and oxygen atoms in total. The molecule has 1 aromatic rings. The molecule has 1 aliphatic rings. The summed E-state index contributed by atoms with van der Waals surface area (Å²) < 4.78 is 0. The summed E-state index contributed by atoms with van der Waals surface area (Å²) in [6.07, 6.45) is 1.41. The molecule has 16 heavy (non-hydrogen) atoms. The third kappa shape index (κ3) is 2.30. The van der Waals surface area contributed by atoms with Crippen molar-refractivity contribution in [3.8, 4) is 0 Å². The summed E-state index contributed by atoms with van der Waals surface area (Å²) in [4.78, 5) is 17.0. The number of carboxylic acids is 1. The predicted octanol–water partition coefficient (Wildman–Crippen LogP) is 0.578. The highest BCUT2D eigenvalue weighted by molar-refractivity contribution is 5.87. The van der Waals surface area contributed by atoms with E-state index in [1.807, 2.05) is 0 Å². The average Bonchev–Trinajstić information content (AvgIpc) is 2.29. The van der Waals surface area contributed by atoms with Gasteiger partial charge in [-0.1, -0.05) is 0 Å². The van der Waals surface area contributed by atoms with E-state index in [2.05, 4.69) is 22.1 Å². The zero-order valence-corrected chi connectivity index (χ0v) is 9.18. The maximum absolute atomic E-state index is 10.7. The molecule has 1 atom stereocenters. The zero-order chi connectivity index (χ0) is 11.5. The number of aromatic nitrogens is 1. The van der Waals surface area contributed by atoms with E-state index in [9.17, 15) is 4.79 Å². The molecule has 0 spiro atoms. The van der Waals surface area contributed by atoms with Gasteiger partial charge in [-0.15, -0.1) is 0 Å². The molecule has 1 saturated heterocycles. The molecule has 1 aliphatic heterocycles. The second-order valence-corrected chi connectivity index (χ2v) is 4.01. The van der Waals surface area contributed by atoms with Crippen molar-refractivity contribution in [1.82, 2.24) is 10.3 Å². The number of rotatable bonds is 2. The summed E-state index contributed by atoms with van der Waals surface area (Å²) in [5.41, 5.74) is 0.229. The van der Waals surface area contributed by atoms with Crippen molar-refractivity contribution in [2.24, 2.45) is 0 Å². The summed E-state index contributed by atoms with van der Waals surface area (Å²) in [7, 11) is 0. The highest BCUT2D eigenvalue weighted by Gasteiger charge is 2.16. The topological polar surface area (TPSA) is 65.5 Å². The van der Waals surface area contributed by atoms with Crippen molar-refractivity contribution in [1.29, 1.82) is 0 Å². The zero-order valence-electron chi connectivity index (χ0n) is 9.18. The van der Waals surface area contributed by atoms with E-state index in [-0.39, 0.29) is 5.56 Å². The van der Waals surface area contributed by atoms with Gasteiger partial charge in [-0.25, -0.2) is 9.78 Å². The lowest BCUT2D eigenvalue weighted by Crippen LogP contribution is -2.49. The number of nitrogens with zero attached hydrogens (tertiary/aromatic N) is 2. The summed E-state index contributed by atoms with van der Waals surface area (Å²) in [6.45, 7) is 4.87. The highest BCUT2D eigenvalue weighted by Crippen LogP contribution is 2.13. The first-order valence-electron chi connectivity index (χ1n) is 5.34. The summed E-state index contributed by atoms with van der Waals surface area (Å²) in [6, 6.07) is 3.80. The molecule has 1 aromatic heterocycles. The Balaban J connectivity index is 2.11. The van der Waals surface area contributed by atoms with E-state index in [1.165, 1.54) is 6.20 Å². The van der Waals surface area contributed by atoms with Crippen LogP contribution in [0.15, 0.2) is 18.3 Å². The maximum atomic E-state index is 10.7. The van der Waals surface area contributed by atoms with Gasteiger partial charge in [0.05, 0.1) is 5.56 Å². The number of anilines is 1. The molecule has 2 N–H and O–H groups in total. The van der Waals surface area contributed by atoms with Gasteiger partial charge < -0.3 is 15.3 Å². The minimum atomic E-state index is -0.937. The van der Waals surface area contributed by atoms with Crippen molar-refractivity contribution >= 4 is 11.8 Å². The van der Waals surface area contributed by atoms with Gasteiger partial charge in [0.15, 0.2) is 0 Å². The van der Waals surface area contributed by atoms with Crippen molar-refractivity contribution in [3.63, 3.8) is 0 Å². The number of hydrogen-bond acceptors (Lipinski definition) is 4. The Morgan fingerprint density at radius 1 is 1.62 bits per heavy atom. The second-order valence-electron chi connectivity index (χ2n) is 4.01. The van der Waals surface area contributed by atoms with Gasteiger partial charge in [-0.2, -0.15) is 0 Å². The lowest BCUT2D eigenvalue weighted by atomic mass is 10.2. The van der Waals surface area contributed by atoms with E-state index in [1.54, 1.807) is 12.1 Å². The van der Waals surface area contributed by atoms with Gasteiger partial charge >= 0.3 is 5.97 Å². The number of piperazine rings is 1. The molecular formula is C11H15N3O2. The molecule has 0 aliphatic carbocycles. The van der Waals surface area contributed by atoms with Crippen molar-refractivity contribution in [2.75, 3.05) is 24.5 Å². The molecule has 2 rings (SSSR count). The van der Waals surface area contributed by atoms with Crippen LogP contribution in [0.3, 0.4) is 0 Å². The van der Waals surface area contributed by atoms with Crippen molar-refractivity contribution in [3.05, 3.63) is 23.9 Å². The van der Waals surface area contributed by atoms with E-state index < -0.39 is 5.97 Å². The first-order chi connectivity index (χ1) is 7.66. The molecule has 0 bridgehead atoms. The maximum Gasteiger partial charge on any atom is 0.337 e. The minimum Gasteiger partial charge on any atom is -0.478 e. The van der Waals surface area contributed by atoms with E-state index in [4.69, 9.17) is 5.11 Å². The summed E-state index contributed by atoms with van der Waals surface area (Å²) in [5, 5.41) is 12.1. The number of pyridine rings is 1. The van der Waals surface area contributed by atoms with Crippen LogP contribution in [0.4, 0.5) is 5.82 Å². The molecule has 0 amide bonds. The quantitative estimate of drug-likeness (QED) is 0.764. The van der Waals surface area contributed by atoms with Crippen molar-refractivity contribution < 1.29 is 9.90 Å². The smallest absolute Gasteiger partial charge is 0.337 e. The Hall–Kier alpha value is -1.62. The Kier molecular flexibility index (Phi) is 3.05. The summed E-state index contributed by atoms with van der Waals surface area (Å²) in [5.74, 6) is -0.0916. The monoisotopic (exact) mass is 221 g/mol. The van der Waals surface area contributed by atoms with E-state index in [0.717, 1.165) is 25.5 Å². The molecule has 5 heteroatoms. The third-order valence-corrected chi connectivity index (χ3v) is 2.69. The van der Waals surface area contributed by atoms with Crippen LogP contribution < -0.4 is 10.2 Å². The second kappa shape index (κ2) is 4.49. The van der Waals surface area contributed by atoms with Gasteiger partial charge in [0, 0.05) is 31.9 Å². The highest BCUT2D eigenvalue weighted by atomic mass is 16.4. The van der Waals surface area contributed by atoms with E-state index in [0.29, 0.717) is 6.04 Å². The molecule has 86 valence electrons. The van der Waals surface area contributed by atoms with Crippen LogP contribution in [0.1, 0.15) is 17.3 Å². The molecule has 2 heterocycles. The number of hydrogen-bond donors (Lipinski definition) is 2. The van der Waals surface area contributed by atoms with Crippen LogP contribution in [0.25, 0.3) is 0 Å². The SMILES string of the molecule is CC1CN(c2ccc(C(=O)O)cn2)CCN1. The Bertz CT molecular complexity index is 377. The molecule has 1 fully saturated rings. The lowest BCUT2D eigenvalue weighted by molar-refractivity contribution is 0.0696. The number of carboxylic acid groups (broad SMARTS) is 1. The normalized spacial score (nSPS) is 20.8. The van der Waals surface area contributed by atoms with Crippen LogP contribution in [0, 0.1) is 0 Å². The fourth-order valence-corrected chi connectivity index (χ4v) is 1.84. The molecule has 0 radical (unpaired) electrons. The van der Waals surface area contributed by atoms with Crippen LogP contribution in [-0.2, 0) is 0 Å². The number of nitrogens with one attached hydrogen (secondary N) is 1. The first-order valence-corrected chi connectivity index (χ1v) is 5.34. The van der Waals surface area contributed by atoms with Crippen LogP contribution in [0.2, 0.25) is 0 Å². The molecule has 1 unspecified atom stereocenters. The number of carbonyl (C=O) groups is 1. The number of aromatic carboxylic acids is 1. The van der Waals surface area contributed by atoms with Gasteiger partial charge in [0.2, 0.25) is 0 Å². The van der Waals surface area contributed by atoms with Gasteiger partial charge in [0.25, 0.3) is 0 Å². The molecular weight excluding hydrogens is 206 g/mol. The molecule has 0 saturated carbocycles. The Morgan fingerprint density at radius 2 is 2.44 bits per heavy atom. The fourth-order valence-electron chi connectivity index (χ4n) is 1.84. The average molecular weight is 221 g/mol. The Morgan fingerprint density at radius 3 is 3.00 bits per heavy atom. The van der Waals surface area contributed by atoms with Crippen LogP contribution >= 0.6 is 0 Å². The van der Waals surface area contributed by atoms with Gasteiger partial charge in [0.1, 0.15) is 5.82 Å². The van der Waals surface area contributed by atoms with Gasteiger partial charge in [-0.3, -0.25) is 0 Å². The largest absolute Gasteiger partial charge is 0.478 e. The standard InChI is InChI=1S/C11H15N3O2/c1-8-7-14(5-4-12-8)10-3-2-9(6-13-10)11(15)16/h2-3,6,8,12H,4-5,7H2,1H3,(H,15,16). The van der Waals surface area contributed by atoms with Crippen molar-refractivity contribution in [2.45, 2.75) is 13.0 Å². The lowest BCUT2D eigenvalue weighted by Gasteiger charge is -2.32. The van der Waals surface area contributed by atoms with Gasteiger partial charge in [-0.05, 0) is 19.1 Å². The van der Waals surface area contributed by atoms with Crippen LogP contribution in [-0.4, -0.2) is 41.7 Å². The predicted molar refractivity (Wildman–Crippen MR) is 60.9 cm³/mol. The third-order valence-electron chi connectivity index (χ3n) is 2.69. The fraction of sp³-hybridized carbons (Fsp3) is 0.455. The van der Waals surface area contributed by atoms with E-state index >= 15 is 0 Å². The Labute approximate surface area is 94.1 Å². The first kappa shape index (κ1) is 10.9. The molecule has 0 aromatic carbocycles. The van der Waals surface area contributed by atoms with Crippen LogP contribution in [0.5, 0.6) is 0 Å². The summed E-state index contributed by atoms with van der Waals surface area (Å²) >= 11 is 0. The minimum absolute atomic E-state index is 0.229.